The van der Waals surface area contributed by atoms with E-state index in [1.54, 1.807) is 6.07 Å². The van der Waals surface area contributed by atoms with Crippen LogP contribution in [-0.2, 0) is 0 Å². The lowest BCUT2D eigenvalue weighted by molar-refractivity contribution is -0.385. The van der Waals surface area contributed by atoms with Crippen molar-refractivity contribution in [1.82, 2.24) is 9.88 Å². The summed E-state index contributed by atoms with van der Waals surface area (Å²) in [6.07, 6.45) is 3.72. The number of likely N-dealkylation sites (tertiary alicyclic amines) is 1. The van der Waals surface area contributed by atoms with Crippen molar-refractivity contribution in [2.24, 2.45) is 0 Å². The van der Waals surface area contributed by atoms with Crippen LogP contribution in [0.4, 0.5) is 11.5 Å². The Hall–Kier alpha value is -1.69. The van der Waals surface area contributed by atoms with Gasteiger partial charge in [0.1, 0.15) is 12.0 Å². The van der Waals surface area contributed by atoms with Gasteiger partial charge < -0.3 is 10.2 Å². The maximum Gasteiger partial charge on any atom is 0.287 e. The van der Waals surface area contributed by atoms with Gasteiger partial charge in [-0.2, -0.15) is 0 Å². The summed E-state index contributed by atoms with van der Waals surface area (Å²) in [4.78, 5) is 16.6. The van der Waals surface area contributed by atoms with Crippen molar-refractivity contribution in [3.63, 3.8) is 0 Å². The Morgan fingerprint density at radius 3 is 3.00 bits per heavy atom. The van der Waals surface area contributed by atoms with Crippen LogP contribution in [-0.4, -0.2) is 41.0 Å². The average Bonchev–Trinajstić information content (AvgIpc) is 2.73. The monoisotopic (exact) mass is 250 g/mol. The summed E-state index contributed by atoms with van der Waals surface area (Å²) < 4.78 is 0. The van der Waals surface area contributed by atoms with Gasteiger partial charge in [0.2, 0.25) is 0 Å². The van der Waals surface area contributed by atoms with E-state index in [0.29, 0.717) is 6.04 Å². The third-order valence-electron chi connectivity index (χ3n) is 3.45. The van der Waals surface area contributed by atoms with E-state index in [2.05, 4.69) is 22.2 Å². The molecule has 0 bridgehead atoms. The minimum atomic E-state index is -0.422. The second kappa shape index (κ2) is 5.30. The number of nitro groups is 1. The number of anilines is 1. The van der Waals surface area contributed by atoms with Gasteiger partial charge in [-0.3, -0.25) is 10.1 Å². The van der Waals surface area contributed by atoms with E-state index in [-0.39, 0.29) is 5.69 Å². The molecule has 1 fully saturated rings. The van der Waals surface area contributed by atoms with E-state index in [1.165, 1.54) is 19.0 Å². The van der Waals surface area contributed by atoms with Crippen LogP contribution >= 0.6 is 0 Å². The number of aryl methyl sites for hydroxylation is 1. The second-order valence-corrected chi connectivity index (χ2v) is 4.77. The van der Waals surface area contributed by atoms with Gasteiger partial charge in [0.25, 0.3) is 5.69 Å². The minimum absolute atomic E-state index is 0.0380. The number of nitrogens with zero attached hydrogens (tertiary/aromatic N) is 3. The molecule has 2 rings (SSSR count). The number of hydrogen-bond donors (Lipinski definition) is 1. The maximum atomic E-state index is 10.6. The zero-order chi connectivity index (χ0) is 13.1. The van der Waals surface area contributed by atoms with Crippen LogP contribution in [0.3, 0.4) is 0 Å². The Bertz CT molecular complexity index is 450. The van der Waals surface area contributed by atoms with Crippen molar-refractivity contribution in [2.75, 3.05) is 25.5 Å². The van der Waals surface area contributed by atoms with Crippen molar-refractivity contribution in [2.45, 2.75) is 25.8 Å². The Morgan fingerprint density at radius 2 is 2.44 bits per heavy atom. The van der Waals surface area contributed by atoms with Crippen molar-refractivity contribution in [3.05, 3.63) is 27.9 Å². The zero-order valence-electron chi connectivity index (χ0n) is 10.7. The van der Waals surface area contributed by atoms with Crippen LogP contribution in [0.1, 0.15) is 18.4 Å². The third-order valence-corrected chi connectivity index (χ3v) is 3.45. The third kappa shape index (κ3) is 2.76. The Balaban J connectivity index is 1.99. The molecule has 0 radical (unpaired) electrons. The predicted octanol–water partition coefficient (Wildman–Crippen LogP) is 1.80. The largest absolute Gasteiger partial charge is 0.368 e. The van der Waals surface area contributed by atoms with Gasteiger partial charge in [-0.1, -0.05) is 0 Å². The standard InChI is InChI=1S/C12H18N4O2/c1-9-6-11(16(17)18)8-14-12(9)13-7-10-4-3-5-15(10)2/h6,8,10H,3-5,7H2,1-2H3,(H,13,14). The second-order valence-electron chi connectivity index (χ2n) is 4.77. The molecule has 0 aromatic carbocycles. The molecular weight excluding hydrogens is 232 g/mol. The fourth-order valence-electron chi connectivity index (χ4n) is 2.30. The molecule has 0 amide bonds. The summed E-state index contributed by atoms with van der Waals surface area (Å²) in [6, 6.07) is 2.08. The molecule has 0 aliphatic carbocycles. The van der Waals surface area contributed by atoms with Crippen LogP contribution in [0.25, 0.3) is 0 Å². The highest BCUT2D eigenvalue weighted by molar-refractivity contribution is 5.48. The fourth-order valence-corrected chi connectivity index (χ4v) is 2.30. The number of pyridine rings is 1. The smallest absolute Gasteiger partial charge is 0.287 e. The van der Waals surface area contributed by atoms with E-state index in [9.17, 15) is 10.1 Å². The Labute approximate surface area is 106 Å². The number of nitrogens with one attached hydrogen (secondary N) is 1. The summed E-state index contributed by atoms with van der Waals surface area (Å²) in [6.45, 7) is 3.81. The molecule has 1 unspecified atom stereocenters. The zero-order valence-corrected chi connectivity index (χ0v) is 10.7. The van der Waals surface area contributed by atoms with Crippen LogP contribution < -0.4 is 5.32 Å². The lowest BCUT2D eigenvalue weighted by atomic mass is 10.2. The van der Waals surface area contributed by atoms with E-state index in [4.69, 9.17) is 0 Å². The van der Waals surface area contributed by atoms with E-state index in [0.717, 1.165) is 24.5 Å². The molecule has 6 nitrogen and oxygen atoms in total. The van der Waals surface area contributed by atoms with Gasteiger partial charge in [-0.25, -0.2) is 4.98 Å². The number of likely N-dealkylation sites (N-methyl/N-ethyl adjacent to an activating group) is 1. The molecule has 1 aromatic heterocycles. The van der Waals surface area contributed by atoms with Gasteiger partial charge in [0.05, 0.1) is 4.92 Å². The normalized spacial score (nSPS) is 20.0. The average molecular weight is 250 g/mol. The van der Waals surface area contributed by atoms with Crippen LogP contribution in [0.15, 0.2) is 12.3 Å². The van der Waals surface area contributed by atoms with E-state index in [1.807, 2.05) is 6.92 Å². The van der Waals surface area contributed by atoms with Gasteiger partial charge in [0, 0.05) is 18.7 Å². The summed E-state index contributed by atoms with van der Waals surface area (Å²) in [5.74, 6) is 0.737. The summed E-state index contributed by atoms with van der Waals surface area (Å²) >= 11 is 0. The highest BCUT2D eigenvalue weighted by Gasteiger charge is 2.20. The molecule has 0 saturated carbocycles. The molecule has 1 saturated heterocycles. The molecule has 1 aromatic rings. The summed E-state index contributed by atoms with van der Waals surface area (Å²) in [5, 5.41) is 13.9. The molecule has 2 heterocycles. The van der Waals surface area contributed by atoms with Crippen LogP contribution in [0.2, 0.25) is 0 Å². The lowest BCUT2D eigenvalue weighted by Crippen LogP contribution is -2.31. The molecule has 1 atom stereocenters. The predicted molar refractivity (Wildman–Crippen MR) is 69.8 cm³/mol. The topological polar surface area (TPSA) is 71.3 Å². The van der Waals surface area contributed by atoms with Crippen molar-refractivity contribution in [3.8, 4) is 0 Å². The summed E-state index contributed by atoms with van der Waals surface area (Å²) in [7, 11) is 2.12. The molecule has 1 aliphatic heterocycles. The van der Waals surface area contributed by atoms with Crippen molar-refractivity contribution in [1.29, 1.82) is 0 Å². The molecule has 0 spiro atoms. The Morgan fingerprint density at radius 1 is 1.67 bits per heavy atom. The SMILES string of the molecule is Cc1cc([N+](=O)[O-])cnc1NCC1CCCN1C. The lowest BCUT2D eigenvalue weighted by Gasteiger charge is -2.20. The summed E-state index contributed by atoms with van der Waals surface area (Å²) in [5.41, 5.74) is 0.848. The number of hydrogen-bond acceptors (Lipinski definition) is 5. The maximum absolute atomic E-state index is 10.6. The van der Waals surface area contributed by atoms with Gasteiger partial charge in [0.15, 0.2) is 0 Å². The first kappa shape index (κ1) is 12.8. The number of rotatable bonds is 4. The van der Waals surface area contributed by atoms with Crippen molar-refractivity contribution >= 4 is 11.5 Å². The van der Waals surface area contributed by atoms with Gasteiger partial charge in [-0.15, -0.1) is 0 Å². The first-order valence-electron chi connectivity index (χ1n) is 6.13. The first-order valence-corrected chi connectivity index (χ1v) is 6.13. The van der Waals surface area contributed by atoms with Crippen LogP contribution in [0.5, 0.6) is 0 Å². The molecular formula is C12H18N4O2. The number of aromatic nitrogens is 1. The first-order chi connectivity index (χ1) is 8.58. The van der Waals surface area contributed by atoms with Crippen molar-refractivity contribution < 1.29 is 4.92 Å². The quantitative estimate of drug-likeness (QED) is 0.651. The molecule has 98 valence electrons. The van der Waals surface area contributed by atoms with E-state index < -0.39 is 4.92 Å². The van der Waals surface area contributed by atoms with Crippen LogP contribution in [0, 0.1) is 17.0 Å². The highest BCUT2D eigenvalue weighted by atomic mass is 16.6. The molecule has 6 heteroatoms. The van der Waals surface area contributed by atoms with Gasteiger partial charge in [-0.05, 0) is 38.9 Å². The minimum Gasteiger partial charge on any atom is -0.368 e. The molecule has 1 aliphatic rings. The fraction of sp³-hybridized carbons (Fsp3) is 0.583. The highest BCUT2D eigenvalue weighted by Crippen LogP contribution is 2.19. The van der Waals surface area contributed by atoms with Gasteiger partial charge >= 0.3 is 0 Å². The van der Waals surface area contributed by atoms with E-state index >= 15 is 0 Å². The molecule has 1 N–H and O–H groups in total. The molecule has 18 heavy (non-hydrogen) atoms. The Kier molecular flexibility index (Phi) is 3.76.